The molecule has 1 N–H and O–H groups in total. The van der Waals surface area contributed by atoms with Gasteiger partial charge in [0.05, 0.1) is 0 Å². The topological polar surface area (TPSA) is 56.1 Å². The molecule has 0 unspecified atom stereocenters. The van der Waals surface area contributed by atoms with Crippen LogP contribution in [0.1, 0.15) is 56.0 Å². The number of rotatable bonds is 8. The molecule has 1 heterocycles. The summed E-state index contributed by atoms with van der Waals surface area (Å²) in [6, 6.07) is 5.49. The van der Waals surface area contributed by atoms with Crippen LogP contribution in [0.25, 0.3) is 0 Å². The second-order valence-corrected chi connectivity index (χ2v) is 7.37. The zero-order valence-electron chi connectivity index (χ0n) is 15.5. The molecule has 0 radical (unpaired) electrons. The highest BCUT2D eigenvalue weighted by Crippen LogP contribution is 2.38. The van der Waals surface area contributed by atoms with Crippen LogP contribution in [0.15, 0.2) is 30.6 Å². The summed E-state index contributed by atoms with van der Waals surface area (Å²) in [6.07, 6.45) is 8.57. The van der Waals surface area contributed by atoms with Gasteiger partial charge in [-0.3, -0.25) is 9.36 Å². The molecule has 0 bridgehead atoms. The van der Waals surface area contributed by atoms with Gasteiger partial charge in [-0.1, -0.05) is 30.9 Å². The molecule has 0 aliphatic heterocycles. The first-order valence-corrected chi connectivity index (χ1v) is 9.91. The summed E-state index contributed by atoms with van der Waals surface area (Å²) in [7, 11) is 0. The van der Waals surface area contributed by atoms with Gasteiger partial charge in [-0.05, 0) is 42.5 Å². The molecule has 1 aliphatic rings. The van der Waals surface area contributed by atoms with Gasteiger partial charge in [0, 0.05) is 30.4 Å². The monoisotopic (exact) mass is 411 g/mol. The van der Waals surface area contributed by atoms with Crippen molar-refractivity contribution in [3.05, 3.63) is 47.0 Å². The summed E-state index contributed by atoms with van der Waals surface area (Å²) in [5.41, 5.74) is 1.05. The number of ether oxygens (including phenoxy) is 1. The number of halogens is 3. The summed E-state index contributed by atoms with van der Waals surface area (Å²) in [5, 5.41) is 3.34. The van der Waals surface area contributed by atoms with E-state index in [0.29, 0.717) is 16.7 Å². The van der Waals surface area contributed by atoms with Gasteiger partial charge in [0.25, 0.3) is 5.91 Å². The Morgan fingerprint density at radius 2 is 2.11 bits per heavy atom. The Kier molecular flexibility index (Phi) is 7.25. The van der Waals surface area contributed by atoms with Crippen LogP contribution in [0.4, 0.5) is 8.78 Å². The molecule has 3 rings (SSSR count). The van der Waals surface area contributed by atoms with E-state index in [2.05, 4.69) is 10.3 Å². The first-order chi connectivity index (χ1) is 13.5. The minimum Gasteiger partial charge on any atom is -0.483 e. The Bertz CT molecular complexity index is 792. The average Bonchev–Trinajstić information content (AvgIpc) is 3.16. The van der Waals surface area contributed by atoms with Gasteiger partial charge in [0.1, 0.15) is 11.6 Å². The van der Waals surface area contributed by atoms with Gasteiger partial charge in [-0.15, -0.1) is 0 Å². The molecule has 1 fully saturated rings. The van der Waals surface area contributed by atoms with E-state index in [-0.39, 0.29) is 31.3 Å². The van der Waals surface area contributed by atoms with Crippen LogP contribution >= 0.6 is 11.6 Å². The number of nitrogens with one attached hydrogen (secondary N) is 1. The number of nitrogens with zero attached hydrogens (tertiary/aromatic N) is 2. The normalized spacial score (nSPS) is 15.0. The number of carbonyl (C=O) groups is 1. The van der Waals surface area contributed by atoms with Crippen molar-refractivity contribution in [2.75, 3.05) is 13.2 Å². The molecule has 2 aromatic rings. The van der Waals surface area contributed by atoms with Crippen LogP contribution in [-0.2, 0) is 11.2 Å². The Morgan fingerprint density at radius 3 is 2.86 bits per heavy atom. The fraction of sp³-hybridized carbons (Fsp3) is 0.500. The number of alkyl halides is 2. The van der Waals surface area contributed by atoms with Gasteiger partial charge in [0.2, 0.25) is 0 Å². The maximum absolute atomic E-state index is 12.8. The summed E-state index contributed by atoms with van der Waals surface area (Å²) in [6.45, 7) is -2.56. The van der Waals surface area contributed by atoms with E-state index in [9.17, 15) is 13.6 Å². The molecule has 1 saturated carbocycles. The molecule has 1 aromatic heterocycles. The minimum absolute atomic E-state index is 0.134. The van der Waals surface area contributed by atoms with Crippen molar-refractivity contribution in [1.29, 1.82) is 0 Å². The lowest BCUT2D eigenvalue weighted by molar-refractivity contribution is -0.123. The van der Waals surface area contributed by atoms with Crippen molar-refractivity contribution in [2.45, 2.75) is 51.0 Å². The number of aromatic nitrogens is 2. The molecule has 1 amide bonds. The van der Waals surface area contributed by atoms with Crippen molar-refractivity contribution in [3.8, 4) is 5.75 Å². The Balaban J connectivity index is 1.51. The van der Waals surface area contributed by atoms with E-state index >= 15 is 0 Å². The lowest BCUT2D eigenvalue weighted by Gasteiger charge is -2.24. The second-order valence-electron chi connectivity index (χ2n) is 6.93. The van der Waals surface area contributed by atoms with E-state index in [1.807, 2.05) is 6.07 Å². The first kappa shape index (κ1) is 20.6. The third kappa shape index (κ3) is 5.44. The number of amides is 1. The Morgan fingerprint density at radius 1 is 1.32 bits per heavy atom. The van der Waals surface area contributed by atoms with Crippen molar-refractivity contribution >= 4 is 17.5 Å². The van der Waals surface area contributed by atoms with Gasteiger partial charge in [-0.2, -0.15) is 8.78 Å². The molecule has 152 valence electrons. The maximum atomic E-state index is 12.8. The number of imidazole rings is 1. The van der Waals surface area contributed by atoms with E-state index in [4.69, 9.17) is 16.3 Å². The van der Waals surface area contributed by atoms with Gasteiger partial charge in [-0.25, -0.2) is 4.98 Å². The Labute approximate surface area is 168 Å². The number of carbonyl (C=O) groups excluding carboxylic acids is 1. The fourth-order valence-corrected chi connectivity index (χ4v) is 3.79. The van der Waals surface area contributed by atoms with E-state index in [1.165, 1.54) is 31.7 Å². The van der Waals surface area contributed by atoms with Gasteiger partial charge in [0.15, 0.2) is 6.61 Å². The quantitative estimate of drug-likeness (QED) is 0.684. The highest BCUT2D eigenvalue weighted by atomic mass is 35.5. The average molecular weight is 412 g/mol. The Hall–Kier alpha value is -2.15. The summed E-state index contributed by atoms with van der Waals surface area (Å²) >= 11 is 6.15. The lowest BCUT2D eigenvalue weighted by Crippen LogP contribution is -2.31. The van der Waals surface area contributed by atoms with Crippen LogP contribution in [0.5, 0.6) is 5.75 Å². The van der Waals surface area contributed by atoms with Crippen LogP contribution < -0.4 is 10.1 Å². The zero-order chi connectivity index (χ0) is 19.9. The fourth-order valence-electron chi connectivity index (χ4n) is 3.61. The van der Waals surface area contributed by atoms with Crippen LogP contribution in [0, 0.1) is 0 Å². The molecule has 0 spiro atoms. The lowest BCUT2D eigenvalue weighted by atomic mass is 9.84. The molecular formula is C20H24ClF2N3O2. The molecule has 1 aliphatic carbocycles. The third-order valence-corrected chi connectivity index (χ3v) is 5.24. The standard InChI is InChI=1S/C20H24ClF2N3O2/c21-15-6-7-17(16(12-15)14-4-2-1-3-5-14)28-13-19(27)25-9-8-18-24-10-11-26(18)20(22)23/h6-7,10-12,14,20H,1-5,8-9,13H2,(H,25,27). The predicted octanol–water partition coefficient (Wildman–Crippen LogP) is 4.72. The number of benzene rings is 1. The highest BCUT2D eigenvalue weighted by Gasteiger charge is 2.20. The second kappa shape index (κ2) is 9.87. The van der Waals surface area contributed by atoms with Crippen molar-refractivity contribution in [3.63, 3.8) is 0 Å². The smallest absolute Gasteiger partial charge is 0.319 e. The van der Waals surface area contributed by atoms with E-state index in [0.717, 1.165) is 23.0 Å². The third-order valence-electron chi connectivity index (χ3n) is 5.01. The zero-order valence-corrected chi connectivity index (χ0v) is 16.3. The minimum atomic E-state index is -2.64. The summed E-state index contributed by atoms with van der Waals surface area (Å²) < 4.78 is 32.1. The molecular weight excluding hydrogens is 388 g/mol. The summed E-state index contributed by atoms with van der Waals surface area (Å²) in [4.78, 5) is 16.0. The molecule has 0 atom stereocenters. The number of hydrogen-bond acceptors (Lipinski definition) is 3. The molecule has 0 saturated heterocycles. The van der Waals surface area contributed by atoms with Crippen LogP contribution in [0.2, 0.25) is 5.02 Å². The SMILES string of the molecule is O=C(COc1ccc(Cl)cc1C1CCCCC1)NCCc1nccn1C(F)F. The summed E-state index contributed by atoms with van der Waals surface area (Å²) in [5.74, 6) is 1.01. The van der Waals surface area contributed by atoms with Crippen molar-refractivity contribution in [1.82, 2.24) is 14.9 Å². The van der Waals surface area contributed by atoms with E-state index < -0.39 is 6.55 Å². The predicted molar refractivity (Wildman–Crippen MR) is 103 cm³/mol. The number of hydrogen-bond donors (Lipinski definition) is 1. The molecule has 8 heteroatoms. The molecule has 28 heavy (non-hydrogen) atoms. The van der Waals surface area contributed by atoms with Crippen molar-refractivity contribution in [2.24, 2.45) is 0 Å². The molecule has 1 aromatic carbocycles. The van der Waals surface area contributed by atoms with E-state index in [1.54, 1.807) is 12.1 Å². The van der Waals surface area contributed by atoms with Crippen LogP contribution in [-0.4, -0.2) is 28.6 Å². The first-order valence-electron chi connectivity index (χ1n) is 9.53. The van der Waals surface area contributed by atoms with Crippen molar-refractivity contribution < 1.29 is 18.3 Å². The highest BCUT2D eigenvalue weighted by molar-refractivity contribution is 6.30. The largest absolute Gasteiger partial charge is 0.483 e. The van der Waals surface area contributed by atoms with Crippen LogP contribution in [0.3, 0.4) is 0 Å². The maximum Gasteiger partial charge on any atom is 0.319 e. The van der Waals surface area contributed by atoms with Gasteiger partial charge >= 0.3 is 6.55 Å². The molecule has 5 nitrogen and oxygen atoms in total. The van der Waals surface area contributed by atoms with Gasteiger partial charge < -0.3 is 10.1 Å².